The van der Waals surface area contributed by atoms with E-state index in [0.29, 0.717) is 37.1 Å². The van der Waals surface area contributed by atoms with Crippen molar-refractivity contribution in [3.05, 3.63) is 51.0 Å². The van der Waals surface area contributed by atoms with Gasteiger partial charge < -0.3 is 9.15 Å². The smallest absolute Gasteiger partial charge is 0.267 e. The molecule has 8 heteroatoms. The molecule has 0 aliphatic carbocycles. The molecule has 0 fully saturated rings. The molecular formula is C17H11ClN2O3S2. The van der Waals surface area contributed by atoms with Crippen LogP contribution in [0.5, 0.6) is 5.75 Å². The number of carbonyl (C=O) groups excluding carboxylic acids is 1. The second-order valence-electron chi connectivity index (χ2n) is 5.09. The molecule has 1 aromatic carbocycles. The van der Waals surface area contributed by atoms with Crippen LogP contribution in [0.25, 0.3) is 22.4 Å². The Morgan fingerprint density at radius 3 is 2.96 bits per heavy atom. The van der Waals surface area contributed by atoms with Gasteiger partial charge in [0.25, 0.3) is 5.91 Å². The average molecular weight is 391 g/mol. The van der Waals surface area contributed by atoms with Gasteiger partial charge in [-0.3, -0.25) is 10.1 Å². The molecule has 4 aromatic rings. The number of thiophene rings is 1. The third-order valence-electron chi connectivity index (χ3n) is 3.50. The van der Waals surface area contributed by atoms with E-state index in [0.717, 1.165) is 5.39 Å². The Labute approximate surface area is 155 Å². The van der Waals surface area contributed by atoms with Gasteiger partial charge in [0, 0.05) is 10.8 Å². The first-order valence-corrected chi connectivity index (χ1v) is 9.30. The molecule has 0 aliphatic heterocycles. The van der Waals surface area contributed by atoms with E-state index in [1.807, 2.05) is 29.6 Å². The lowest BCUT2D eigenvalue weighted by molar-refractivity contribution is 0.103. The molecule has 0 unspecified atom stereocenters. The summed E-state index contributed by atoms with van der Waals surface area (Å²) in [7, 11) is 1.60. The highest BCUT2D eigenvalue weighted by Gasteiger charge is 2.15. The van der Waals surface area contributed by atoms with E-state index in [1.54, 1.807) is 19.2 Å². The lowest BCUT2D eigenvalue weighted by Gasteiger charge is -1.98. The van der Waals surface area contributed by atoms with Crippen molar-refractivity contribution >= 4 is 56.3 Å². The minimum absolute atomic E-state index is 0.232. The van der Waals surface area contributed by atoms with Gasteiger partial charge in [0.1, 0.15) is 5.69 Å². The van der Waals surface area contributed by atoms with Crippen molar-refractivity contribution in [3.63, 3.8) is 0 Å². The van der Waals surface area contributed by atoms with E-state index in [1.165, 1.54) is 22.7 Å². The number of hydrogen-bond donors (Lipinski definition) is 1. The van der Waals surface area contributed by atoms with Crippen molar-refractivity contribution in [2.45, 2.75) is 0 Å². The van der Waals surface area contributed by atoms with Gasteiger partial charge in [0.05, 0.1) is 16.3 Å². The van der Waals surface area contributed by atoms with Crippen LogP contribution in [0.2, 0.25) is 4.34 Å². The first-order chi connectivity index (χ1) is 12.1. The highest BCUT2D eigenvalue weighted by atomic mass is 35.5. The summed E-state index contributed by atoms with van der Waals surface area (Å²) in [6.45, 7) is 0. The average Bonchev–Trinajstić information content (AvgIpc) is 3.32. The second-order valence-corrected chi connectivity index (χ2v) is 7.66. The fourth-order valence-electron chi connectivity index (χ4n) is 2.36. The van der Waals surface area contributed by atoms with Crippen LogP contribution in [-0.2, 0) is 0 Å². The van der Waals surface area contributed by atoms with Gasteiger partial charge in [-0.2, -0.15) is 0 Å². The Morgan fingerprint density at radius 1 is 1.32 bits per heavy atom. The fourth-order valence-corrected chi connectivity index (χ4v) is 4.00. The maximum atomic E-state index is 12.2. The normalized spacial score (nSPS) is 11.0. The largest absolute Gasteiger partial charge is 0.493 e. The van der Waals surface area contributed by atoms with Gasteiger partial charge in [-0.05, 0) is 24.3 Å². The Hall–Kier alpha value is -2.35. The highest BCUT2D eigenvalue weighted by molar-refractivity contribution is 7.18. The molecule has 0 atom stereocenters. The number of thiazole rings is 1. The molecule has 0 radical (unpaired) electrons. The topological polar surface area (TPSA) is 64.4 Å². The number of hydrogen-bond acceptors (Lipinski definition) is 6. The number of methoxy groups -OCH3 is 1. The third-order valence-corrected chi connectivity index (χ3v) is 5.49. The van der Waals surface area contributed by atoms with E-state index in [4.69, 9.17) is 20.8 Å². The number of fused-ring (bicyclic) bond motifs is 1. The molecule has 3 aromatic heterocycles. The minimum Gasteiger partial charge on any atom is -0.493 e. The van der Waals surface area contributed by atoms with Crippen LogP contribution in [0.1, 0.15) is 9.67 Å². The summed E-state index contributed by atoms with van der Waals surface area (Å²) in [4.78, 5) is 17.1. The Balaban J connectivity index is 1.60. The van der Waals surface area contributed by atoms with Crippen LogP contribution in [0.4, 0.5) is 5.13 Å². The predicted octanol–water partition coefficient (Wildman–Crippen LogP) is 5.53. The summed E-state index contributed by atoms with van der Waals surface area (Å²) in [5.41, 5.74) is 1.33. The lowest BCUT2D eigenvalue weighted by atomic mass is 10.2. The number of carbonyl (C=O) groups is 1. The summed E-state index contributed by atoms with van der Waals surface area (Å²) in [6, 6.07) is 11.0. The Bertz CT molecular complexity index is 1070. The Kier molecular flexibility index (Phi) is 4.20. The zero-order chi connectivity index (χ0) is 17.4. The number of amides is 1. The van der Waals surface area contributed by atoms with Crippen LogP contribution in [0.3, 0.4) is 0 Å². The van der Waals surface area contributed by atoms with Gasteiger partial charge >= 0.3 is 0 Å². The molecule has 126 valence electrons. The van der Waals surface area contributed by atoms with Gasteiger partial charge in [-0.1, -0.05) is 23.7 Å². The van der Waals surface area contributed by atoms with E-state index in [9.17, 15) is 4.79 Å². The molecule has 0 saturated heterocycles. The van der Waals surface area contributed by atoms with Crippen LogP contribution < -0.4 is 10.1 Å². The number of anilines is 1. The molecule has 1 N–H and O–H groups in total. The fraction of sp³-hybridized carbons (Fsp3) is 0.0588. The standard InChI is InChI=1S/C17H11ClN2O3S2/c1-22-11-4-2-3-9-7-12(23-15(9)11)10-8-24-17(19-10)20-16(21)13-5-6-14(18)25-13/h2-8H,1H3,(H,19,20,21). The van der Waals surface area contributed by atoms with E-state index in [-0.39, 0.29) is 5.91 Å². The van der Waals surface area contributed by atoms with Crippen LogP contribution in [-0.4, -0.2) is 18.0 Å². The summed E-state index contributed by atoms with van der Waals surface area (Å²) >= 11 is 8.41. The Morgan fingerprint density at radius 2 is 2.20 bits per heavy atom. The van der Waals surface area contributed by atoms with Crippen molar-refractivity contribution in [2.24, 2.45) is 0 Å². The maximum Gasteiger partial charge on any atom is 0.267 e. The molecule has 0 saturated carbocycles. The van der Waals surface area contributed by atoms with E-state index in [2.05, 4.69) is 10.3 Å². The molecule has 1 amide bonds. The zero-order valence-corrected chi connectivity index (χ0v) is 15.3. The molecule has 0 bridgehead atoms. The van der Waals surface area contributed by atoms with Crippen molar-refractivity contribution < 1.29 is 13.9 Å². The molecule has 3 heterocycles. The van der Waals surface area contributed by atoms with Crippen molar-refractivity contribution in [3.8, 4) is 17.2 Å². The van der Waals surface area contributed by atoms with Crippen molar-refractivity contribution in [1.82, 2.24) is 4.98 Å². The van der Waals surface area contributed by atoms with Crippen LogP contribution in [0.15, 0.2) is 46.2 Å². The lowest BCUT2D eigenvalue weighted by Crippen LogP contribution is -2.09. The van der Waals surface area contributed by atoms with Gasteiger partial charge in [0.15, 0.2) is 22.2 Å². The van der Waals surface area contributed by atoms with Crippen molar-refractivity contribution in [1.29, 1.82) is 0 Å². The van der Waals surface area contributed by atoms with Gasteiger partial charge in [-0.25, -0.2) is 4.98 Å². The number of benzene rings is 1. The monoisotopic (exact) mass is 390 g/mol. The number of nitrogens with one attached hydrogen (secondary N) is 1. The SMILES string of the molecule is COc1cccc2cc(-c3csc(NC(=O)c4ccc(Cl)s4)n3)oc12. The minimum atomic E-state index is -0.232. The number of rotatable bonds is 4. The highest BCUT2D eigenvalue weighted by Crippen LogP contribution is 2.34. The molecule has 0 spiro atoms. The summed E-state index contributed by atoms with van der Waals surface area (Å²) < 4.78 is 11.8. The molecular weight excluding hydrogens is 380 g/mol. The summed E-state index contributed by atoms with van der Waals surface area (Å²) in [5.74, 6) is 1.06. The number of nitrogens with zero attached hydrogens (tertiary/aromatic N) is 1. The quantitative estimate of drug-likeness (QED) is 0.497. The van der Waals surface area contributed by atoms with Crippen molar-refractivity contribution in [2.75, 3.05) is 12.4 Å². The van der Waals surface area contributed by atoms with E-state index >= 15 is 0 Å². The number of halogens is 1. The maximum absolute atomic E-state index is 12.2. The van der Waals surface area contributed by atoms with Crippen LogP contribution >= 0.6 is 34.3 Å². The number of ether oxygens (including phenoxy) is 1. The summed E-state index contributed by atoms with van der Waals surface area (Å²) in [5, 5.41) is 6.04. The number of aromatic nitrogens is 1. The molecule has 5 nitrogen and oxygen atoms in total. The third kappa shape index (κ3) is 3.13. The molecule has 4 rings (SSSR count). The first-order valence-electron chi connectivity index (χ1n) is 7.23. The zero-order valence-electron chi connectivity index (χ0n) is 12.9. The number of para-hydroxylation sites is 1. The van der Waals surface area contributed by atoms with E-state index < -0.39 is 0 Å². The number of furan rings is 1. The molecule has 25 heavy (non-hydrogen) atoms. The molecule has 0 aliphatic rings. The predicted molar refractivity (Wildman–Crippen MR) is 101 cm³/mol. The second kappa shape index (κ2) is 6.51. The first kappa shape index (κ1) is 16.1. The van der Waals surface area contributed by atoms with Crippen LogP contribution in [0, 0.1) is 0 Å². The van der Waals surface area contributed by atoms with Gasteiger partial charge in [-0.15, -0.1) is 22.7 Å². The summed E-state index contributed by atoms with van der Waals surface area (Å²) in [6.07, 6.45) is 0. The van der Waals surface area contributed by atoms with Gasteiger partial charge in [0.2, 0.25) is 0 Å².